The summed E-state index contributed by atoms with van der Waals surface area (Å²) in [6.07, 6.45) is -0.192. The molecule has 0 bridgehead atoms. The van der Waals surface area contributed by atoms with Gasteiger partial charge in [0.2, 0.25) is 5.91 Å². The number of esters is 1. The molecule has 2 amide bonds. The molecule has 2 aromatic carbocycles. The second-order valence-corrected chi connectivity index (χ2v) is 8.04. The maximum atomic E-state index is 12.7. The van der Waals surface area contributed by atoms with Crippen molar-refractivity contribution < 1.29 is 19.1 Å². The van der Waals surface area contributed by atoms with Crippen LogP contribution < -0.4 is 10.2 Å². The highest BCUT2D eigenvalue weighted by atomic mass is 32.2. The number of hydrogen-bond acceptors (Lipinski definition) is 5. The molecule has 28 heavy (non-hydrogen) atoms. The Bertz CT molecular complexity index is 946. The fraction of sp³-hybridized carbons (Fsp3) is 0.286. The van der Waals surface area contributed by atoms with E-state index in [4.69, 9.17) is 4.74 Å². The van der Waals surface area contributed by atoms with Gasteiger partial charge in [-0.2, -0.15) is 0 Å². The van der Waals surface area contributed by atoms with E-state index in [1.165, 1.54) is 11.8 Å². The molecule has 2 aliphatic heterocycles. The van der Waals surface area contributed by atoms with Crippen LogP contribution >= 0.6 is 11.8 Å². The van der Waals surface area contributed by atoms with Crippen molar-refractivity contribution in [1.82, 2.24) is 0 Å². The van der Waals surface area contributed by atoms with Crippen LogP contribution in [0.3, 0.4) is 0 Å². The van der Waals surface area contributed by atoms with Gasteiger partial charge in [-0.05, 0) is 37.1 Å². The van der Waals surface area contributed by atoms with E-state index in [0.29, 0.717) is 6.54 Å². The molecule has 0 unspecified atom stereocenters. The van der Waals surface area contributed by atoms with E-state index < -0.39 is 17.3 Å². The molecule has 6 nitrogen and oxygen atoms in total. The van der Waals surface area contributed by atoms with Gasteiger partial charge in [0.25, 0.3) is 5.91 Å². The molecule has 0 spiro atoms. The molecule has 2 aliphatic rings. The van der Waals surface area contributed by atoms with Gasteiger partial charge in [0.15, 0.2) is 6.10 Å². The molecule has 2 heterocycles. The highest BCUT2D eigenvalue weighted by molar-refractivity contribution is 8.01. The first-order chi connectivity index (χ1) is 13.5. The molecule has 0 fully saturated rings. The molecule has 0 aromatic heterocycles. The van der Waals surface area contributed by atoms with Crippen LogP contribution in [-0.2, 0) is 25.5 Å². The highest BCUT2D eigenvalue weighted by Gasteiger charge is 2.33. The zero-order valence-electron chi connectivity index (χ0n) is 15.4. The fourth-order valence-electron chi connectivity index (χ4n) is 3.46. The number of benzene rings is 2. The predicted octanol–water partition coefficient (Wildman–Crippen LogP) is 3.01. The van der Waals surface area contributed by atoms with E-state index in [9.17, 15) is 14.4 Å². The van der Waals surface area contributed by atoms with Crippen molar-refractivity contribution in [2.45, 2.75) is 36.0 Å². The van der Waals surface area contributed by atoms with Crippen LogP contribution in [0.15, 0.2) is 53.4 Å². The molecule has 0 saturated heterocycles. The average Bonchev–Trinajstić information content (AvgIpc) is 3.12. The van der Waals surface area contributed by atoms with Crippen LogP contribution in [0.1, 0.15) is 18.9 Å². The van der Waals surface area contributed by atoms with Crippen molar-refractivity contribution in [2.24, 2.45) is 0 Å². The molecule has 2 aromatic rings. The third-order valence-electron chi connectivity index (χ3n) is 4.87. The number of thioether (sulfide) groups is 1. The first-order valence-electron chi connectivity index (χ1n) is 9.18. The van der Waals surface area contributed by atoms with E-state index in [0.717, 1.165) is 28.3 Å². The lowest BCUT2D eigenvalue weighted by Crippen LogP contribution is -2.40. The van der Waals surface area contributed by atoms with E-state index >= 15 is 0 Å². The SMILES string of the molecule is C[C@H](OC(=O)C[C@@H]1Sc2ccccc2NC1=O)C(=O)N1CCc2ccccc21. The second kappa shape index (κ2) is 7.67. The molecule has 0 saturated carbocycles. The molecule has 1 N–H and O–H groups in total. The quantitative estimate of drug-likeness (QED) is 0.804. The lowest BCUT2D eigenvalue weighted by molar-refractivity contribution is -0.154. The van der Waals surface area contributed by atoms with E-state index in [-0.39, 0.29) is 18.2 Å². The lowest BCUT2D eigenvalue weighted by atomic mass is 10.2. The van der Waals surface area contributed by atoms with Crippen molar-refractivity contribution >= 4 is 40.9 Å². The Morgan fingerprint density at radius 2 is 1.96 bits per heavy atom. The van der Waals surface area contributed by atoms with Crippen LogP contribution in [0.2, 0.25) is 0 Å². The van der Waals surface area contributed by atoms with Gasteiger partial charge in [0.1, 0.15) is 0 Å². The Morgan fingerprint density at radius 1 is 1.21 bits per heavy atom. The van der Waals surface area contributed by atoms with E-state index in [1.54, 1.807) is 11.8 Å². The number of para-hydroxylation sites is 2. The zero-order chi connectivity index (χ0) is 19.7. The number of rotatable bonds is 4. The number of hydrogen-bond donors (Lipinski definition) is 1. The molecule has 4 rings (SSSR count). The summed E-state index contributed by atoms with van der Waals surface area (Å²) in [6.45, 7) is 2.16. The lowest BCUT2D eigenvalue weighted by Gasteiger charge is -2.25. The van der Waals surface area contributed by atoms with Crippen LogP contribution in [0.5, 0.6) is 0 Å². The van der Waals surface area contributed by atoms with Crippen molar-refractivity contribution in [2.75, 3.05) is 16.8 Å². The summed E-state index contributed by atoms with van der Waals surface area (Å²) >= 11 is 1.34. The van der Waals surface area contributed by atoms with Crippen molar-refractivity contribution in [3.05, 3.63) is 54.1 Å². The summed E-state index contributed by atoms with van der Waals surface area (Å²) in [5, 5.41) is 2.23. The Kier molecular flexibility index (Phi) is 5.09. The normalized spacial score (nSPS) is 18.7. The number of fused-ring (bicyclic) bond motifs is 2. The van der Waals surface area contributed by atoms with Crippen LogP contribution in [0.4, 0.5) is 11.4 Å². The molecule has 0 aliphatic carbocycles. The first kappa shape index (κ1) is 18.6. The number of anilines is 2. The Hall–Kier alpha value is -2.80. The van der Waals surface area contributed by atoms with Gasteiger partial charge in [-0.15, -0.1) is 11.8 Å². The van der Waals surface area contributed by atoms with Crippen molar-refractivity contribution in [3.8, 4) is 0 Å². The van der Waals surface area contributed by atoms with Gasteiger partial charge in [0.05, 0.1) is 17.4 Å². The Labute approximate surface area is 167 Å². The van der Waals surface area contributed by atoms with Gasteiger partial charge in [-0.25, -0.2) is 0 Å². The van der Waals surface area contributed by atoms with Gasteiger partial charge in [0, 0.05) is 17.1 Å². The number of nitrogens with one attached hydrogen (secondary N) is 1. The van der Waals surface area contributed by atoms with Gasteiger partial charge >= 0.3 is 5.97 Å². The van der Waals surface area contributed by atoms with Crippen LogP contribution in [-0.4, -0.2) is 35.7 Å². The monoisotopic (exact) mass is 396 g/mol. The van der Waals surface area contributed by atoms with Crippen molar-refractivity contribution in [3.63, 3.8) is 0 Å². The predicted molar refractivity (Wildman–Crippen MR) is 107 cm³/mol. The average molecular weight is 396 g/mol. The smallest absolute Gasteiger partial charge is 0.308 e. The molecule has 144 valence electrons. The number of amides is 2. The first-order valence-corrected chi connectivity index (χ1v) is 10.1. The minimum atomic E-state index is -0.900. The van der Waals surface area contributed by atoms with Crippen LogP contribution in [0.25, 0.3) is 0 Å². The van der Waals surface area contributed by atoms with Crippen molar-refractivity contribution in [1.29, 1.82) is 0 Å². The molecular formula is C21H20N2O4S. The minimum Gasteiger partial charge on any atom is -0.452 e. The third-order valence-corrected chi connectivity index (χ3v) is 6.14. The number of nitrogens with zero attached hydrogens (tertiary/aromatic N) is 1. The maximum Gasteiger partial charge on any atom is 0.308 e. The topological polar surface area (TPSA) is 75.7 Å². The summed E-state index contributed by atoms with van der Waals surface area (Å²) < 4.78 is 5.36. The summed E-state index contributed by atoms with van der Waals surface area (Å²) in [6, 6.07) is 15.2. The highest BCUT2D eigenvalue weighted by Crippen LogP contribution is 2.36. The molecule has 2 atom stereocenters. The number of carbonyl (C=O) groups is 3. The third kappa shape index (κ3) is 3.62. The van der Waals surface area contributed by atoms with E-state index in [1.807, 2.05) is 48.5 Å². The maximum absolute atomic E-state index is 12.7. The minimum absolute atomic E-state index is 0.0843. The van der Waals surface area contributed by atoms with Gasteiger partial charge < -0.3 is 15.0 Å². The second-order valence-electron chi connectivity index (χ2n) is 6.80. The Morgan fingerprint density at radius 3 is 2.82 bits per heavy atom. The summed E-state index contributed by atoms with van der Waals surface area (Å²) in [5.41, 5.74) is 2.73. The van der Waals surface area contributed by atoms with Crippen LogP contribution in [0, 0.1) is 0 Å². The number of carbonyl (C=O) groups excluding carboxylic acids is 3. The summed E-state index contributed by atoms with van der Waals surface area (Å²) in [7, 11) is 0. The summed E-state index contributed by atoms with van der Waals surface area (Å²) in [4.78, 5) is 39.9. The summed E-state index contributed by atoms with van der Waals surface area (Å²) in [5.74, 6) is -1.03. The largest absolute Gasteiger partial charge is 0.452 e. The van der Waals surface area contributed by atoms with E-state index in [2.05, 4.69) is 5.32 Å². The van der Waals surface area contributed by atoms with Gasteiger partial charge in [-0.1, -0.05) is 30.3 Å². The molecule has 0 radical (unpaired) electrons. The zero-order valence-corrected chi connectivity index (χ0v) is 16.2. The van der Waals surface area contributed by atoms with Gasteiger partial charge in [-0.3, -0.25) is 14.4 Å². The number of ether oxygens (including phenoxy) is 1. The standard InChI is InChI=1S/C21H20N2O4S/c1-13(21(26)23-11-10-14-6-2-4-8-16(14)23)27-19(24)12-18-20(25)22-15-7-3-5-9-17(15)28-18/h2-9,13,18H,10-12H2,1H3,(H,22,25)/t13-,18-/m0/s1. The molecular weight excluding hydrogens is 376 g/mol. The molecule has 7 heteroatoms. The Balaban J connectivity index is 1.36. The fourth-order valence-corrected chi connectivity index (χ4v) is 4.56.